The van der Waals surface area contributed by atoms with Gasteiger partial charge in [-0.05, 0) is 54.8 Å². The molecule has 0 aromatic heterocycles. The van der Waals surface area contributed by atoms with Gasteiger partial charge < -0.3 is 5.32 Å². The molecule has 2 aromatic carbocycles. The number of hydrogen-bond acceptors (Lipinski definition) is 3. The van der Waals surface area contributed by atoms with Crippen molar-refractivity contribution in [3.63, 3.8) is 0 Å². The number of sulfonamides is 1. The number of amides is 1. The van der Waals surface area contributed by atoms with E-state index in [1.54, 1.807) is 30.3 Å². The molecule has 1 N–H and O–H groups in total. The molecule has 0 spiro atoms. The van der Waals surface area contributed by atoms with E-state index in [0.717, 1.165) is 30.2 Å². The Hall–Kier alpha value is -1.12. The first kappa shape index (κ1) is 24.5. The lowest BCUT2D eigenvalue weighted by atomic mass is 10.1. The van der Waals surface area contributed by atoms with Crippen molar-refractivity contribution in [3.05, 3.63) is 62.5 Å². The molecule has 0 atom stereocenters. The van der Waals surface area contributed by atoms with Crippen LogP contribution in [-0.4, -0.2) is 31.2 Å². The third kappa shape index (κ3) is 6.93. The van der Waals surface area contributed by atoms with Gasteiger partial charge in [-0.1, -0.05) is 70.9 Å². The lowest BCUT2D eigenvalue weighted by molar-refractivity contribution is -0.122. The van der Waals surface area contributed by atoms with E-state index in [9.17, 15) is 13.2 Å². The van der Waals surface area contributed by atoms with Gasteiger partial charge in [-0.3, -0.25) is 4.79 Å². The summed E-state index contributed by atoms with van der Waals surface area (Å²) in [7, 11) is -3.91. The number of carbonyl (C=O) groups is 1. The number of rotatable bonds is 7. The van der Waals surface area contributed by atoms with Crippen molar-refractivity contribution in [1.29, 1.82) is 0 Å². The summed E-state index contributed by atoms with van der Waals surface area (Å²) in [6.07, 6.45) is 6.36. The molecular formula is C22H25BrCl2N2O3S. The SMILES string of the molecule is O=C(CN(Cc1ccc(Cl)c(Cl)c1)S(=O)(=O)c1ccc(Br)cc1)NC1CCCCCC1. The Morgan fingerprint density at radius 1 is 1.00 bits per heavy atom. The maximum Gasteiger partial charge on any atom is 0.243 e. The fraction of sp³-hybridized carbons (Fsp3) is 0.409. The molecule has 0 saturated heterocycles. The maximum atomic E-state index is 13.4. The second kappa shape index (κ2) is 11.1. The van der Waals surface area contributed by atoms with Crippen molar-refractivity contribution < 1.29 is 13.2 Å². The van der Waals surface area contributed by atoms with E-state index in [-0.39, 0.29) is 29.9 Å². The second-order valence-electron chi connectivity index (χ2n) is 7.73. The Balaban J connectivity index is 1.83. The van der Waals surface area contributed by atoms with Gasteiger partial charge >= 0.3 is 0 Å². The standard InChI is InChI=1S/C22H25BrCl2N2O3S/c23-17-8-10-19(11-9-17)31(29,30)27(14-16-7-12-20(24)21(25)13-16)15-22(28)26-18-5-3-1-2-4-6-18/h7-13,18H,1-6,14-15H2,(H,26,28). The van der Waals surface area contributed by atoms with Crippen molar-refractivity contribution in [1.82, 2.24) is 9.62 Å². The van der Waals surface area contributed by atoms with Crippen LogP contribution in [0.1, 0.15) is 44.1 Å². The summed E-state index contributed by atoms with van der Waals surface area (Å²) in [6.45, 7) is -0.261. The van der Waals surface area contributed by atoms with E-state index in [4.69, 9.17) is 23.2 Å². The summed E-state index contributed by atoms with van der Waals surface area (Å²) in [5.41, 5.74) is 0.650. The Labute approximate surface area is 202 Å². The number of hydrogen-bond donors (Lipinski definition) is 1. The molecular weight excluding hydrogens is 523 g/mol. The fourth-order valence-electron chi connectivity index (χ4n) is 3.68. The van der Waals surface area contributed by atoms with E-state index in [1.807, 2.05) is 0 Å². The minimum absolute atomic E-state index is 0.00731. The van der Waals surface area contributed by atoms with Crippen LogP contribution in [0.5, 0.6) is 0 Å². The highest BCUT2D eigenvalue weighted by Gasteiger charge is 2.28. The molecule has 0 heterocycles. The first-order chi connectivity index (χ1) is 14.8. The Bertz CT molecular complexity index is 1010. The second-order valence-corrected chi connectivity index (χ2v) is 11.4. The van der Waals surface area contributed by atoms with Crippen LogP contribution in [0, 0.1) is 0 Å². The minimum Gasteiger partial charge on any atom is -0.352 e. The molecule has 3 rings (SSSR count). The zero-order valence-electron chi connectivity index (χ0n) is 17.0. The van der Waals surface area contributed by atoms with Gasteiger partial charge in [0.1, 0.15) is 0 Å². The Morgan fingerprint density at radius 2 is 1.65 bits per heavy atom. The van der Waals surface area contributed by atoms with Crippen molar-refractivity contribution >= 4 is 55.1 Å². The number of nitrogens with zero attached hydrogens (tertiary/aromatic N) is 1. The number of benzene rings is 2. The zero-order valence-corrected chi connectivity index (χ0v) is 20.9. The van der Waals surface area contributed by atoms with Crippen molar-refractivity contribution in [2.45, 2.75) is 56.0 Å². The van der Waals surface area contributed by atoms with E-state index in [0.29, 0.717) is 15.6 Å². The van der Waals surface area contributed by atoms with Crippen molar-refractivity contribution in [3.8, 4) is 0 Å². The molecule has 1 fully saturated rings. The predicted octanol–water partition coefficient (Wildman–Crippen LogP) is 5.79. The molecule has 31 heavy (non-hydrogen) atoms. The molecule has 0 bridgehead atoms. The summed E-state index contributed by atoms with van der Waals surface area (Å²) >= 11 is 15.4. The largest absolute Gasteiger partial charge is 0.352 e. The molecule has 2 aromatic rings. The van der Waals surface area contributed by atoms with Gasteiger partial charge in [0.2, 0.25) is 15.9 Å². The average Bonchev–Trinajstić information content (AvgIpc) is 2.99. The highest BCUT2D eigenvalue weighted by atomic mass is 79.9. The van der Waals surface area contributed by atoms with E-state index in [1.165, 1.54) is 29.3 Å². The van der Waals surface area contributed by atoms with Crippen LogP contribution in [0.4, 0.5) is 0 Å². The molecule has 1 aliphatic rings. The monoisotopic (exact) mass is 546 g/mol. The molecule has 5 nitrogen and oxygen atoms in total. The number of halogens is 3. The molecule has 1 saturated carbocycles. The molecule has 1 aliphatic carbocycles. The first-order valence-corrected chi connectivity index (χ1v) is 13.2. The lowest BCUT2D eigenvalue weighted by Crippen LogP contribution is -2.43. The third-order valence-electron chi connectivity index (χ3n) is 5.33. The van der Waals surface area contributed by atoms with E-state index in [2.05, 4.69) is 21.2 Å². The van der Waals surface area contributed by atoms with Crippen LogP contribution in [0.3, 0.4) is 0 Å². The average molecular weight is 548 g/mol. The van der Waals surface area contributed by atoms with Crippen LogP contribution in [-0.2, 0) is 21.4 Å². The van der Waals surface area contributed by atoms with Crippen LogP contribution in [0.15, 0.2) is 51.8 Å². The summed E-state index contributed by atoms with van der Waals surface area (Å²) in [5.74, 6) is -0.298. The number of nitrogens with one attached hydrogen (secondary N) is 1. The smallest absolute Gasteiger partial charge is 0.243 e. The molecule has 1 amide bonds. The summed E-state index contributed by atoms with van der Waals surface area (Å²) in [5, 5.41) is 3.75. The maximum absolute atomic E-state index is 13.4. The highest BCUT2D eigenvalue weighted by molar-refractivity contribution is 9.10. The molecule has 9 heteroatoms. The summed E-state index contributed by atoms with van der Waals surface area (Å²) in [4.78, 5) is 12.9. The zero-order chi connectivity index (χ0) is 22.4. The Kier molecular flexibility index (Phi) is 8.82. The van der Waals surface area contributed by atoms with Crippen LogP contribution < -0.4 is 5.32 Å². The topological polar surface area (TPSA) is 66.5 Å². The van der Waals surface area contributed by atoms with Gasteiger partial charge in [0.05, 0.1) is 21.5 Å². The quantitative estimate of drug-likeness (QED) is 0.446. The predicted molar refractivity (Wildman–Crippen MR) is 128 cm³/mol. The molecule has 168 valence electrons. The number of carbonyl (C=O) groups excluding carboxylic acids is 1. The molecule has 0 unspecified atom stereocenters. The van der Waals surface area contributed by atoms with Crippen LogP contribution >= 0.6 is 39.1 Å². The van der Waals surface area contributed by atoms with Gasteiger partial charge in [0.15, 0.2) is 0 Å². The molecule has 0 aliphatic heterocycles. The fourth-order valence-corrected chi connectivity index (χ4v) is 5.65. The van der Waals surface area contributed by atoms with E-state index < -0.39 is 10.0 Å². The summed E-state index contributed by atoms with van der Waals surface area (Å²) in [6, 6.07) is 11.4. The van der Waals surface area contributed by atoms with Gasteiger partial charge in [-0.15, -0.1) is 0 Å². The minimum atomic E-state index is -3.91. The van der Waals surface area contributed by atoms with Crippen molar-refractivity contribution in [2.75, 3.05) is 6.54 Å². The third-order valence-corrected chi connectivity index (χ3v) is 8.41. The van der Waals surface area contributed by atoms with Gasteiger partial charge in [0.25, 0.3) is 0 Å². The van der Waals surface area contributed by atoms with Crippen LogP contribution in [0.2, 0.25) is 10.0 Å². The Morgan fingerprint density at radius 3 is 2.26 bits per heavy atom. The lowest BCUT2D eigenvalue weighted by Gasteiger charge is -2.24. The first-order valence-electron chi connectivity index (χ1n) is 10.2. The highest BCUT2D eigenvalue weighted by Crippen LogP contribution is 2.26. The van der Waals surface area contributed by atoms with Gasteiger partial charge in [-0.25, -0.2) is 8.42 Å². The molecule has 0 radical (unpaired) electrons. The summed E-state index contributed by atoms with van der Waals surface area (Å²) < 4.78 is 28.7. The van der Waals surface area contributed by atoms with E-state index >= 15 is 0 Å². The van der Waals surface area contributed by atoms with Gasteiger partial charge in [-0.2, -0.15) is 4.31 Å². The normalized spacial score (nSPS) is 15.6. The van der Waals surface area contributed by atoms with Gasteiger partial charge in [0, 0.05) is 17.1 Å². The van der Waals surface area contributed by atoms with Crippen molar-refractivity contribution in [2.24, 2.45) is 0 Å². The van der Waals surface area contributed by atoms with Crippen LogP contribution in [0.25, 0.3) is 0 Å².